The van der Waals surface area contributed by atoms with Crippen LogP contribution in [-0.4, -0.2) is 120 Å². The van der Waals surface area contributed by atoms with Gasteiger partial charge in [0.15, 0.2) is 6.29 Å². The maximum atomic E-state index is 12.0. The van der Waals surface area contributed by atoms with Crippen LogP contribution in [0.4, 0.5) is 4.79 Å². The molecule has 0 spiro atoms. The molecule has 4 rings (SSSR count). The highest BCUT2D eigenvalue weighted by atomic mass is 32.2. The van der Waals surface area contributed by atoms with Crippen molar-refractivity contribution in [3.8, 4) is 5.69 Å². The molecule has 45 heavy (non-hydrogen) atoms. The summed E-state index contributed by atoms with van der Waals surface area (Å²) in [5, 5.41) is 17.4. The van der Waals surface area contributed by atoms with E-state index in [0.717, 1.165) is 25.0 Å². The summed E-state index contributed by atoms with van der Waals surface area (Å²) in [7, 11) is 0. The first kappa shape index (κ1) is 36.1. The van der Waals surface area contributed by atoms with Gasteiger partial charge in [-0.15, -0.1) is 5.10 Å². The molecule has 2 saturated heterocycles. The number of carbonyl (C=O) groups excluding carboxylic acids is 4. The van der Waals surface area contributed by atoms with Gasteiger partial charge in [0, 0.05) is 29.5 Å². The fraction of sp³-hybridized carbons (Fsp3) is 0.586. The number of rotatable bonds is 22. The van der Waals surface area contributed by atoms with E-state index in [0.29, 0.717) is 81.4 Å². The molecule has 3 heterocycles. The molecule has 2 fully saturated rings. The Labute approximate surface area is 265 Å². The summed E-state index contributed by atoms with van der Waals surface area (Å²) in [6.07, 6.45) is 5.31. The first-order chi connectivity index (χ1) is 21.5. The van der Waals surface area contributed by atoms with Crippen LogP contribution in [0.15, 0.2) is 30.5 Å². The fourth-order valence-corrected chi connectivity index (χ4v) is 6.34. The van der Waals surface area contributed by atoms with E-state index in [1.807, 2.05) is 11.8 Å². The molecule has 16 heteroatoms. The molecule has 0 saturated carbocycles. The first-order valence-corrected chi connectivity index (χ1v) is 15.9. The molecule has 0 aliphatic carbocycles. The van der Waals surface area contributed by atoms with Gasteiger partial charge in [-0.2, -0.15) is 11.8 Å². The summed E-state index contributed by atoms with van der Waals surface area (Å²) in [6.45, 7) is 3.73. The molecule has 1 aromatic heterocycles. The second-order valence-electron chi connectivity index (χ2n) is 10.3. The van der Waals surface area contributed by atoms with Crippen molar-refractivity contribution in [2.75, 3.05) is 58.5 Å². The minimum atomic E-state index is -0.572. The standard InChI is InChI=1S/C29H40N6O8S.H2O/c36-18-25(37)21-5-7-23(8-6-21)35-17-22(33-34-35)19-43-16-15-42-14-13-41-12-11-40-10-9-30-27(38)4-2-1-3-26-28-24(20-44-26)31-29(39)32-28;/h5-8,17-18,24,26,28H,1-4,9-16,19-20H2,(H,30,38)(H2,31,32,39);1H2/t24?,26-,28?;/m1./s1. The fourth-order valence-electron chi connectivity index (χ4n) is 4.80. The lowest BCUT2D eigenvalue weighted by molar-refractivity contribution is -0.121. The number of fused-ring (bicyclic) bond motifs is 1. The number of hydrogen-bond acceptors (Lipinski definition) is 11. The smallest absolute Gasteiger partial charge is 0.315 e. The van der Waals surface area contributed by atoms with Gasteiger partial charge in [0.25, 0.3) is 0 Å². The SMILES string of the molecule is O.O=CC(=O)c1ccc(-n2cc(COCCOCCOCCOCCNC(=O)CCCC[C@H]3SCC4NC(=O)NC43)nn2)cc1. The quantitative estimate of drug-likeness (QED) is 0.0517. The minimum Gasteiger partial charge on any atom is -0.412 e. The number of unbranched alkanes of at least 4 members (excludes halogenated alkanes) is 1. The predicted octanol–water partition coefficient (Wildman–Crippen LogP) is 0.233. The first-order valence-electron chi connectivity index (χ1n) is 14.8. The van der Waals surface area contributed by atoms with Gasteiger partial charge < -0.3 is 40.4 Å². The lowest BCUT2D eigenvalue weighted by atomic mass is 10.0. The van der Waals surface area contributed by atoms with E-state index < -0.39 is 5.78 Å². The van der Waals surface area contributed by atoms with Gasteiger partial charge in [-0.3, -0.25) is 14.4 Å². The summed E-state index contributed by atoms with van der Waals surface area (Å²) in [4.78, 5) is 45.5. The van der Waals surface area contributed by atoms with Crippen molar-refractivity contribution >= 4 is 35.8 Å². The summed E-state index contributed by atoms with van der Waals surface area (Å²) in [5.41, 5.74) is 1.68. The Bertz CT molecular complexity index is 1220. The van der Waals surface area contributed by atoms with Crippen molar-refractivity contribution < 1.29 is 43.6 Å². The number of amides is 3. The highest BCUT2D eigenvalue weighted by molar-refractivity contribution is 8.00. The predicted molar refractivity (Wildman–Crippen MR) is 164 cm³/mol. The van der Waals surface area contributed by atoms with Gasteiger partial charge in [-0.05, 0) is 37.1 Å². The summed E-state index contributed by atoms with van der Waals surface area (Å²) >= 11 is 1.89. The molecule has 248 valence electrons. The van der Waals surface area contributed by atoms with Crippen molar-refractivity contribution in [2.45, 2.75) is 49.6 Å². The van der Waals surface area contributed by atoms with Crippen LogP contribution in [0.2, 0.25) is 0 Å². The monoisotopic (exact) mass is 650 g/mol. The Morgan fingerprint density at radius 2 is 1.67 bits per heavy atom. The number of ether oxygens (including phenoxy) is 4. The Kier molecular flexibility index (Phi) is 15.9. The van der Waals surface area contributed by atoms with E-state index in [1.54, 1.807) is 35.1 Å². The van der Waals surface area contributed by atoms with Crippen molar-refractivity contribution in [1.29, 1.82) is 0 Å². The summed E-state index contributed by atoms with van der Waals surface area (Å²) in [5.74, 6) is 0.412. The molecule has 2 aliphatic rings. The van der Waals surface area contributed by atoms with Crippen molar-refractivity contribution in [3.05, 3.63) is 41.7 Å². The van der Waals surface area contributed by atoms with Gasteiger partial charge in [0.2, 0.25) is 11.7 Å². The Morgan fingerprint density at radius 3 is 2.38 bits per heavy atom. The van der Waals surface area contributed by atoms with Crippen LogP contribution >= 0.6 is 11.8 Å². The summed E-state index contributed by atoms with van der Waals surface area (Å²) < 4.78 is 23.6. The molecule has 3 atom stereocenters. The molecule has 2 unspecified atom stereocenters. The average molecular weight is 651 g/mol. The van der Waals surface area contributed by atoms with Crippen LogP contribution in [-0.2, 0) is 35.1 Å². The number of aldehydes is 1. The van der Waals surface area contributed by atoms with Crippen LogP contribution in [0, 0.1) is 0 Å². The molecule has 0 radical (unpaired) electrons. The number of carbonyl (C=O) groups is 4. The topological polar surface area (TPSA) is 204 Å². The zero-order valence-corrected chi connectivity index (χ0v) is 25.9. The van der Waals surface area contributed by atoms with Gasteiger partial charge in [-0.1, -0.05) is 11.6 Å². The number of hydrogen-bond donors (Lipinski definition) is 3. The third-order valence-corrected chi connectivity index (χ3v) is 8.59. The largest absolute Gasteiger partial charge is 0.412 e. The Hall–Kier alpha value is -3.41. The number of Topliss-reactive ketones (excluding diaryl/α,β-unsaturated/α-hetero) is 1. The van der Waals surface area contributed by atoms with E-state index in [4.69, 9.17) is 18.9 Å². The van der Waals surface area contributed by atoms with Crippen molar-refractivity contribution in [1.82, 2.24) is 30.9 Å². The van der Waals surface area contributed by atoms with E-state index in [1.165, 1.54) is 0 Å². The molecule has 5 N–H and O–H groups in total. The number of urea groups is 1. The van der Waals surface area contributed by atoms with E-state index >= 15 is 0 Å². The normalized spacial score (nSPS) is 18.5. The molecule has 1 aromatic carbocycles. The van der Waals surface area contributed by atoms with Gasteiger partial charge in [-0.25, -0.2) is 9.48 Å². The lowest BCUT2D eigenvalue weighted by Crippen LogP contribution is -2.36. The Balaban J connectivity index is 0.00000552. The molecular weight excluding hydrogens is 608 g/mol. The third-order valence-electron chi connectivity index (χ3n) is 7.08. The number of benzene rings is 1. The number of nitrogens with one attached hydrogen (secondary N) is 3. The van der Waals surface area contributed by atoms with E-state index in [2.05, 4.69) is 26.3 Å². The summed E-state index contributed by atoms with van der Waals surface area (Å²) in [6, 6.07) is 6.88. The highest BCUT2D eigenvalue weighted by Gasteiger charge is 2.42. The maximum absolute atomic E-state index is 12.0. The average Bonchev–Trinajstić information content (AvgIpc) is 3.76. The van der Waals surface area contributed by atoms with E-state index in [-0.39, 0.29) is 42.4 Å². The molecule has 0 bridgehead atoms. The van der Waals surface area contributed by atoms with E-state index in [9.17, 15) is 19.2 Å². The van der Waals surface area contributed by atoms with Crippen LogP contribution < -0.4 is 16.0 Å². The van der Waals surface area contributed by atoms with Crippen LogP contribution in [0.25, 0.3) is 5.69 Å². The zero-order valence-electron chi connectivity index (χ0n) is 25.1. The number of aromatic nitrogens is 3. The van der Waals surface area contributed by atoms with Crippen molar-refractivity contribution in [2.24, 2.45) is 0 Å². The van der Waals surface area contributed by atoms with Crippen molar-refractivity contribution in [3.63, 3.8) is 0 Å². The molecule has 3 amide bonds. The minimum absolute atomic E-state index is 0. The van der Waals surface area contributed by atoms with Gasteiger partial charge >= 0.3 is 6.03 Å². The molecule has 2 aliphatic heterocycles. The molecule has 2 aromatic rings. The third kappa shape index (κ3) is 12.1. The molecule has 15 nitrogen and oxygen atoms in total. The van der Waals surface area contributed by atoms with Gasteiger partial charge in [0.1, 0.15) is 5.69 Å². The number of ketones is 1. The Morgan fingerprint density at radius 1 is 0.978 bits per heavy atom. The second-order valence-corrected chi connectivity index (χ2v) is 11.6. The van der Waals surface area contributed by atoms with Crippen LogP contribution in [0.5, 0.6) is 0 Å². The molecular formula is C29H42N6O9S. The number of nitrogens with zero attached hydrogens (tertiary/aromatic N) is 3. The van der Waals surface area contributed by atoms with Crippen LogP contribution in [0.3, 0.4) is 0 Å². The lowest BCUT2D eigenvalue weighted by Gasteiger charge is -2.16. The zero-order chi connectivity index (χ0) is 31.0. The maximum Gasteiger partial charge on any atom is 0.315 e. The highest BCUT2D eigenvalue weighted by Crippen LogP contribution is 2.33. The van der Waals surface area contributed by atoms with Gasteiger partial charge in [0.05, 0.1) is 76.8 Å². The van der Waals surface area contributed by atoms with Crippen LogP contribution in [0.1, 0.15) is 41.7 Å². The number of thioether (sulfide) groups is 1. The second kappa shape index (κ2) is 19.9.